The van der Waals surface area contributed by atoms with E-state index >= 15 is 0 Å². The minimum atomic E-state index is -0.678. The summed E-state index contributed by atoms with van der Waals surface area (Å²) in [5.41, 5.74) is 6.19. The van der Waals surface area contributed by atoms with E-state index in [2.05, 4.69) is 9.84 Å². The molecule has 0 aliphatic rings. The Morgan fingerprint density at radius 2 is 2.10 bits per heavy atom. The van der Waals surface area contributed by atoms with Crippen LogP contribution in [0.2, 0.25) is 0 Å². The Hall–Kier alpha value is -3.01. The average Bonchev–Trinajstić information content (AvgIpc) is 2.83. The first-order valence-electron chi connectivity index (χ1n) is 5.64. The van der Waals surface area contributed by atoms with Crippen LogP contribution in [0.4, 0.5) is 5.69 Å². The molecule has 1 heterocycles. The lowest BCUT2D eigenvalue weighted by molar-refractivity contribution is 0.0591. The zero-order chi connectivity index (χ0) is 14.7. The van der Waals surface area contributed by atoms with Crippen molar-refractivity contribution < 1.29 is 14.3 Å². The molecule has 0 radical (unpaired) electrons. The van der Waals surface area contributed by atoms with Gasteiger partial charge in [0.15, 0.2) is 11.4 Å². The second-order valence-corrected chi connectivity index (χ2v) is 3.80. The molecule has 0 aliphatic heterocycles. The third-order valence-corrected chi connectivity index (χ3v) is 2.72. The summed E-state index contributed by atoms with van der Waals surface area (Å²) in [5.74, 6) is -0.188. The van der Waals surface area contributed by atoms with Gasteiger partial charge < -0.3 is 15.2 Å². The molecule has 102 valence electrons. The number of benzene rings is 1. The van der Waals surface area contributed by atoms with E-state index in [4.69, 9.17) is 15.7 Å². The fourth-order valence-corrected chi connectivity index (χ4v) is 1.78. The van der Waals surface area contributed by atoms with Crippen LogP contribution in [0.3, 0.4) is 0 Å². The number of ether oxygens (including phenoxy) is 2. The fraction of sp³-hybridized carbons (Fsp3) is 0.154. The van der Waals surface area contributed by atoms with Crippen LogP contribution in [0.1, 0.15) is 16.2 Å². The van der Waals surface area contributed by atoms with Crippen molar-refractivity contribution in [3.05, 3.63) is 35.7 Å². The average molecular weight is 272 g/mol. The molecule has 0 saturated heterocycles. The Labute approximate surface area is 115 Å². The number of rotatable bonds is 3. The number of methoxy groups -OCH3 is 2. The second-order valence-electron chi connectivity index (χ2n) is 3.80. The highest BCUT2D eigenvalue weighted by Gasteiger charge is 2.24. The maximum absolute atomic E-state index is 11.8. The minimum Gasteiger partial charge on any atom is -0.494 e. The van der Waals surface area contributed by atoms with Crippen molar-refractivity contribution in [3.63, 3.8) is 0 Å². The van der Waals surface area contributed by atoms with Crippen LogP contribution in [0, 0.1) is 11.3 Å². The molecular weight excluding hydrogens is 260 g/mol. The lowest BCUT2D eigenvalue weighted by Crippen LogP contribution is -2.12. The quantitative estimate of drug-likeness (QED) is 0.840. The van der Waals surface area contributed by atoms with E-state index in [1.165, 1.54) is 18.9 Å². The molecule has 2 aromatic rings. The molecule has 2 rings (SSSR count). The molecule has 0 atom stereocenters. The summed E-state index contributed by atoms with van der Waals surface area (Å²) < 4.78 is 11.1. The smallest absolute Gasteiger partial charge is 0.359 e. The molecule has 0 unspecified atom stereocenters. The molecule has 0 fully saturated rings. The van der Waals surface area contributed by atoms with Crippen LogP contribution < -0.4 is 10.5 Å². The van der Waals surface area contributed by atoms with Crippen LogP contribution in [0.15, 0.2) is 24.3 Å². The van der Waals surface area contributed by atoms with Gasteiger partial charge in [0.25, 0.3) is 0 Å². The van der Waals surface area contributed by atoms with Gasteiger partial charge in [-0.3, -0.25) is 0 Å². The summed E-state index contributed by atoms with van der Waals surface area (Å²) >= 11 is 0. The standard InChI is InChI=1S/C13H12N4O3/c1-19-10-6-4-3-5-9(10)17-12(13(18)20-2)11(15)8(7-14)16-17/h3-6H,15H2,1-2H3. The molecule has 0 aliphatic carbocycles. The topological polar surface area (TPSA) is 103 Å². The Bertz CT molecular complexity index is 700. The van der Waals surface area contributed by atoms with Gasteiger partial charge in [0, 0.05) is 0 Å². The molecule has 2 N–H and O–H groups in total. The van der Waals surface area contributed by atoms with Crippen LogP contribution in [-0.2, 0) is 4.74 Å². The van der Waals surface area contributed by atoms with Crippen molar-refractivity contribution in [2.45, 2.75) is 0 Å². The van der Waals surface area contributed by atoms with E-state index in [1.807, 2.05) is 6.07 Å². The number of anilines is 1. The van der Waals surface area contributed by atoms with Crippen LogP contribution >= 0.6 is 0 Å². The number of carbonyl (C=O) groups excluding carboxylic acids is 1. The van der Waals surface area contributed by atoms with E-state index < -0.39 is 5.97 Å². The summed E-state index contributed by atoms with van der Waals surface area (Å²) in [6, 6.07) is 8.77. The Morgan fingerprint density at radius 3 is 2.70 bits per heavy atom. The van der Waals surface area contributed by atoms with E-state index in [9.17, 15) is 4.79 Å². The van der Waals surface area contributed by atoms with Crippen molar-refractivity contribution in [2.24, 2.45) is 0 Å². The summed E-state index contributed by atoms with van der Waals surface area (Å²) in [5, 5.41) is 13.0. The number of carbonyl (C=O) groups is 1. The van der Waals surface area contributed by atoms with Gasteiger partial charge >= 0.3 is 5.97 Å². The third kappa shape index (κ3) is 2.03. The number of aromatic nitrogens is 2. The van der Waals surface area contributed by atoms with Gasteiger partial charge in [0.1, 0.15) is 23.2 Å². The Morgan fingerprint density at radius 1 is 1.40 bits per heavy atom. The normalized spacial score (nSPS) is 9.85. The number of esters is 1. The number of para-hydroxylation sites is 2. The summed E-state index contributed by atoms with van der Waals surface area (Å²) in [6.07, 6.45) is 0. The first-order valence-corrected chi connectivity index (χ1v) is 5.64. The number of nitriles is 1. The van der Waals surface area contributed by atoms with Crippen LogP contribution in [0.25, 0.3) is 5.69 Å². The van der Waals surface area contributed by atoms with Gasteiger partial charge in [-0.2, -0.15) is 10.4 Å². The minimum absolute atomic E-state index is 0.00597. The predicted octanol–water partition coefficient (Wildman–Crippen LogP) is 1.12. The molecule has 20 heavy (non-hydrogen) atoms. The van der Waals surface area contributed by atoms with Crippen LogP contribution in [0.5, 0.6) is 5.75 Å². The van der Waals surface area contributed by atoms with Gasteiger partial charge in [-0.25, -0.2) is 9.48 Å². The Kier molecular flexibility index (Phi) is 3.57. The number of hydrogen-bond donors (Lipinski definition) is 1. The Balaban J connectivity index is 2.74. The van der Waals surface area contributed by atoms with Gasteiger partial charge in [0.05, 0.1) is 14.2 Å². The third-order valence-electron chi connectivity index (χ3n) is 2.72. The number of nitrogen functional groups attached to an aromatic ring is 1. The maximum Gasteiger partial charge on any atom is 0.359 e. The highest BCUT2D eigenvalue weighted by molar-refractivity contribution is 5.95. The zero-order valence-electron chi connectivity index (χ0n) is 11.0. The molecular formula is C13H12N4O3. The van der Waals surface area contributed by atoms with Crippen molar-refractivity contribution in [3.8, 4) is 17.5 Å². The van der Waals surface area contributed by atoms with Gasteiger partial charge in [-0.05, 0) is 12.1 Å². The van der Waals surface area contributed by atoms with E-state index in [0.717, 1.165) is 0 Å². The number of nitrogens with zero attached hydrogens (tertiary/aromatic N) is 3. The van der Waals surface area contributed by atoms with E-state index in [-0.39, 0.29) is 17.1 Å². The molecule has 0 bridgehead atoms. The van der Waals surface area contributed by atoms with E-state index in [0.29, 0.717) is 11.4 Å². The van der Waals surface area contributed by atoms with Crippen molar-refractivity contribution in [1.29, 1.82) is 5.26 Å². The van der Waals surface area contributed by atoms with Crippen molar-refractivity contribution >= 4 is 11.7 Å². The molecule has 1 aromatic heterocycles. The second kappa shape index (κ2) is 5.32. The highest BCUT2D eigenvalue weighted by Crippen LogP contribution is 2.27. The summed E-state index contributed by atoms with van der Waals surface area (Å²) in [4.78, 5) is 11.8. The lowest BCUT2D eigenvalue weighted by Gasteiger charge is -2.10. The monoisotopic (exact) mass is 272 g/mol. The van der Waals surface area contributed by atoms with Gasteiger partial charge in [-0.15, -0.1) is 0 Å². The molecule has 7 nitrogen and oxygen atoms in total. The zero-order valence-corrected chi connectivity index (χ0v) is 11.0. The molecule has 0 amide bonds. The number of nitrogens with two attached hydrogens (primary N) is 1. The summed E-state index contributed by atoms with van der Waals surface area (Å²) in [7, 11) is 2.72. The largest absolute Gasteiger partial charge is 0.494 e. The number of hydrogen-bond acceptors (Lipinski definition) is 6. The van der Waals surface area contributed by atoms with Gasteiger partial charge in [0.2, 0.25) is 0 Å². The molecule has 0 spiro atoms. The van der Waals surface area contributed by atoms with Crippen molar-refractivity contribution in [1.82, 2.24) is 9.78 Å². The summed E-state index contributed by atoms with van der Waals surface area (Å²) in [6.45, 7) is 0. The van der Waals surface area contributed by atoms with E-state index in [1.54, 1.807) is 24.3 Å². The SMILES string of the molecule is COC(=O)c1c(N)c(C#N)nn1-c1ccccc1OC. The fourth-order valence-electron chi connectivity index (χ4n) is 1.78. The predicted molar refractivity (Wildman–Crippen MR) is 70.6 cm³/mol. The lowest BCUT2D eigenvalue weighted by atomic mass is 10.2. The van der Waals surface area contributed by atoms with Crippen LogP contribution in [-0.4, -0.2) is 30.0 Å². The van der Waals surface area contributed by atoms with Crippen molar-refractivity contribution in [2.75, 3.05) is 20.0 Å². The first kappa shape index (κ1) is 13.4. The molecule has 7 heteroatoms. The molecule has 0 saturated carbocycles. The maximum atomic E-state index is 11.8. The van der Waals surface area contributed by atoms with Gasteiger partial charge in [-0.1, -0.05) is 12.1 Å². The highest BCUT2D eigenvalue weighted by atomic mass is 16.5. The first-order chi connectivity index (χ1) is 9.63. The molecule has 1 aromatic carbocycles.